The number of hydrogen-bond acceptors (Lipinski definition) is 4. The lowest BCUT2D eigenvalue weighted by Crippen LogP contribution is -2.43. The van der Waals surface area contributed by atoms with Crippen molar-refractivity contribution in [2.75, 3.05) is 31.1 Å². The maximum Gasteiger partial charge on any atom is 0.410 e. The summed E-state index contributed by atoms with van der Waals surface area (Å²) >= 11 is 0. The molecule has 1 amide bonds. The fraction of sp³-hybridized carbons (Fsp3) is 0.667. The third-order valence-corrected chi connectivity index (χ3v) is 5.01. The molecule has 128 valence electrons. The molecule has 0 unspecified atom stereocenters. The zero-order valence-electron chi connectivity index (χ0n) is 14.9. The highest BCUT2D eigenvalue weighted by Crippen LogP contribution is 2.41. The molecule has 5 nitrogen and oxygen atoms in total. The molecule has 2 aliphatic rings. The number of carbonyl (C=O) groups is 1. The maximum atomic E-state index is 12.3. The van der Waals surface area contributed by atoms with Gasteiger partial charge in [-0.1, -0.05) is 11.5 Å². The molecule has 1 aromatic rings. The number of ether oxygens (including phenoxy) is 1. The molecule has 2 fully saturated rings. The zero-order valence-corrected chi connectivity index (χ0v) is 14.9. The second kappa shape index (κ2) is 6.30. The SMILES string of the molecule is [B]c1ccc(N2CCC3(CCN(C(=O)OC(C)(C)C)C3)CC2)nc1. The Balaban J connectivity index is 1.56. The van der Waals surface area contributed by atoms with Gasteiger partial charge >= 0.3 is 6.09 Å². The largest absolute Gasteiger partial charge is 0.444 e. The van der Waals surface area contributed by atoms with E-state index in [0.717, 1.165) is 51.3 Å². The van der Waals surface area contributed by atoms with Crippen LogP contribution in [-0.2, 0) is 4.74 Å². The molecule has 2 aliphatic heterocycles. The number of likely N-dealkylation sites (tertiary alicyclic amines) is 1. The molecule has 0 aromatic carbocycles. The molecule has 0 saturated carbocycles. The quantitative estimate of drug-likeness (QED) is 0.741. The molecule has 3 rings (SSSR count). The van der Waals surface area contributed by atoms with E-state index < -0.39 is 5.60 Å². The lowest BCUT2D eigenvalue weighted by atomic mass is 9.78. The van der Waals surface area contributed by atoms with Gasteiger partial charge in [0.15, 0.2) is 0 Å². The van der Waals surface area contributed by atoms with Crippen LogP contribution in [0, 0.1) is 5.41 Å². The predicted octanol–water partition coefficient (Wildman–Crippen LogP) is 2.10. The van der Waals surface area contributed by atoms with Gasteiger partial charge in [0.2, 0.25) is 0 Å². The summed E-state index contributed by atoms with van der Waals surface area (Å²) in [5.41, 5.74) is 0.495. The monoisotopic (exact) mass is 327 g/mol. The first-order valence-electron chi connectivity index (χ1n) is 8.71. The van der Waals surface area contributed by atoms with Crippen molar-refractivity contribution in [3.05, 3.63) is 18.3 Å². The van der Waals surface area contributed by atoms with Crippen molar-refractivity contribution in [1.82, 2.24) is 9.88 Å². The molecule has 6 heteroatoms. The lowest BCUT2D eigenvalue weighted by molar-refractivity contribution is 0.0266. The highest BCUT2D eigenvalue weighted by atomic mass is 16.6. The Kier molecular flexibility index (Phi) is 4.49. The van der Waals surface area contributed by atoms with Crippen molar-refractivity contribution in [2.24, 2.45) is 5.41 Å². The van der Waals surface area contributed by atoms with Crippen LogP contribution in [0.3, 0.4) is 0 Å². The van der Waals surface area contributed by atoms with E-state index in [0.29, 0.717) is 5.46 Å². The average molecular weight is 327 g/mol. The molecule has 1 aromatic heterocycles. The number of nitrogens with zero attached hydrogens (tertiary/aromatic N) is 3. The first-order chi connectivity index (χ1) is 11.3. The molecule has 0 atom stereocenters. The molecule has 0 bridgehead atoms. The first kappa shape index (κ1) is 17.1. The van der Waals surface area contributed by atoms with E-state index >= 15 is 0 Å². The third kappa shape index (κ3) is 3.85. The van der Waals surface area contributed by atoms with Crippen LogP contribution in [0.25, 0.3) is 0 Å². The summed E-state index contributed by atoms with van der Waals surface area (Å²) in [6, 6.07) is 3.88. The van der Waals surface area contributed by atoms with Crippen LogP contribution >= 0.6 is 0 Å². The van der Waals surface area contributed by atoms with Gasteiger partial charge in [-0.15, -0.1) is 0 Å². The van der Waals surface area contributed by atoms with Crippen LogP contribution in [0.4, 0.5) is 10.6 Å². The van der Waals surface area contributed by atoms with Crippen molar-refractivity contribution < 1.29 is 9.53 Å². The van der Waals surface area contributed by atoms with E-state index in [1.165, 1.54) is 0 Å². The summed E-state index contributed by atoms with van der Waals surface area (Å²) in [5.74, 6) is 0.987. The summed E-state index contributed by atoms with van der Waals surface area (Å²) < 4.78 is 5.51. The molecular formula is C18H26BN3O2. The minimum Gasteiger partial charge on any atom is -0.444 e. The van der Waals surface area contributed by atoms with Gasteiger partial charge in [0.1, 0.15) is 19.3 Å². The van der Waals surface area contributed by atoms with Crippen LogP contribution in [-0.4, -0.2) is 55.6 Å². The number of carbonyl (C=O) groups excluding carboxylic acids is 1. The van der Waals surface area contributed by atoms with Gasteiger partial charge in [0, 0.05) is 32.4 Å². The lowest BCUT2D eigenvalue weighted by Gasteiger charge is -2.39. The molecule has 2 radical (unpaired) electrons. The van der Waals surface area contributed by atoms with Crippen LogP contribution in [0.1, 0.15) is 40.0 Å². The second-order valence-corrected chi connectivity index (χ2v) is 8.09. The van der Waals surface area contributed by atoms with Crippen molar-refractivity contribution in [3.8, 4) is 0 Å². The molecular weight excluding hydrogens is 301 g/mol. The third-order valence-electron chi connectivity index (χ3n) is 5.01. The summed E-state index contributed by atoms with van der Waals surface area (Å²) in [7, 11) is 5.71. The summed E-state index contributed by atoms with van der Waals surface area (Å²) in [4.78, 5) is 20.9. The van der Waals surface area contributed by atoms with E-state index in [9.17, 15) is 4.79 Å². The predicted molar refractivity (Wildman–Crippen MR) is 95.9 cm³/mol. The number of hydrogen-bond donors (Lipinski definition) is 0. The van der Waals surface area contributed by atoms with Gasteiger partial charge in [-0.3, -0.25) is 0 Å². The van der Waals surface area contributed by atoms with E-state index in [1.807, 2.05) is 37.8 Å². The van der Waals surface area contributed by atoms with Crippen molar-refractivity contribution in [2.45, 2.75) is 45.6 Å². The summed E-state index contributed by atoms with van der Waals surface area (Å²) in [6.07, 6.45) is 4.76. The smallest absolute Gasteiger partial charge is 0.410 e. The first-order valence-corrected chi connectivity index (χ1v) is 8.71. The highest BCUT2D eigenvalue weighted by Gasteiger charge is 2.43. The minimum absolute atomic E-state index is 0.179. The van der Waals surface area contributed by atoms with Crippen molar-refractivity contribution in [3.63, 3.8) is 0 Å². The molecule has 0 N–H and O–H groups in total. The Hall–Kier alpha value is -1.72. The van der Waals surface area contributed by atoms with Gasteiger partial charge in [-0.25, -0.2) is 9.78 Å². The number of amides is 1. The van der Waals surface area contributed by atoms with Gasteiger partial charge in [-0.2, -0.15) is 0 Å². The Bertz CT molecular complexity index is 589. The fourth-order valence-corrected chi connectivity index (χ4v) is 3.62. The summed E-state index contributed by atoms with van der Waals surface area (Å²) in [5, 5.41) is 0. The van der Waals surface area contributed by atoms with Crippen LogP contribution in [0.2, 0.25) is 0 Å². The topological polar surface area (TPSA) is 45.7 Å². The number of anilines is 1. The zero-order chi connectivity index (χ0) is 17.4. The number of pyridine rings is 1. The number of rotatable bonds is 1. The average Bonchev–Trinajstić information content (AvgIpc) is 2.92. The molecule has 0 aliphatic carbocycles. The van der Waals surface area contributed by atoms with E-state index in [-0.39, 0.29) is 11.5 Å². The Morgan fingerprint density at radius 3 is 2.46 bits per heavy atom. The highest BCUT2D eigenvalue weighted by molar-refractivity contribution is 6.32. The number of aromatic nitrogens is 1. The fourth-order valence-electron chi connectivity index (χ4n) is 3.62. The van der Waals surface area contributed by atoms with E-state index in [2.05, 4.69) is 9.88 Å². The molecule has 24 heavy (non-hydrogen) atoms. The van der Waals surface area contributed by atoms with Gasteiger partial charge in [-0.05, 0) is 51.5 Å². The Morgan fingerprint density at radius 2 is 1.88 bits per heavy atom. The van der Waals surface area contributed by atoms with Gasteiger partial charge in [0.05, 0.1) is 0 Å². The molecule has 2 saturated heterocycles. The number of piperidine rings is 1. The van der Waals surface area contributed by atoms with E-state index in [1.54, 1.807) is 6.20 Å². The normalized spacial score (nSPS) is 20.5. The summed E-state index contributed by atoms with van der Waals surface area (Å²) in [6.45, 7) is 9.29. The molecule has 3 heterocycles. The van der Waals surface area contributed by atoms with Crippen LogP contribution in [0.15, 0.2) is 18.3 Å². The van der Waals surface area contributed by atoms with Gasteiger partial charge < -0.3 is 14.5 Å². The second-order valence-electron chi connectivity index (χ2n) is 8.09. The standard InChI is InChI=1S/C18H26BN3O2/c1-17(2,3)24-16(23)22-11-8-18(13-22)6-9-21(10-7-18)15-5-4-14(19)12-20-15/h4-5,12H,6-11,13H2,1-3H3. The molecule has 1 spiro atoms. The van der Waals surface area contributed by atoms with Crippen molar-refractivity contribution >= 4 is 25.2 Å². The maximum absolute atomic E-state index is 12.3. The van der Waals surface area contributed by atoms with E-state index in [4.69, 9.17) is 12.6 Å². The Labute approximate surface area is 145 Å². The van der Waals surface area contributed by atoms with Crippen LogP contribution in [0.5, 0.6) is 0 Å². The van der Waals surface area contributed by atoms with Gasteiger partial charge in [0.25, 0.3) is 0 Å². The van der Waals surface area contributed by atoms with Crippen LogP contribution < -0.4 is 10.4 Å². The van der Waals surface area contributed by atoms with Crippen molar-refractivity contribution in [1.29, 1.82) is 0 Å². The minimum atomic E-state index is -0.434. The Morgan fingerprint density at radius 1 is 1.21 bits per heavy atom.